The SMILES string of the molecule is Cc1nnc(N[C@H](c2cnc3ccccc3c2)C2CC(O)C2)s1. The molecular weight excluding hydrogens is 308 g/mol. The number of aliphatic hydroxyl groups is 1. The summed E-state index contributed by atoms with van der Waals surface area (Å²) in [4.78, 5) is 4.57. The molecule has 3 aromatic rings. The van der Waals surface area contributed by atoms with E-state index in [4.69, 9.17) is 0 Å². The normalized spacial score (nSPS) is 21.8. The number of aryl methyl sites for hydroxylation is 1. The Balaban J connectivity index is 1.67. The molecule has 2 N–H and O–H groups in total. The van der Waals surface area contributed by atoms with Crippen LogP contribution in [0.5, 0.6) is 0 Å². The van der Waals surface area contributed by atoms with E-state index in [2.05, 4.69) is 32.6 Å². The maximum absolute atomic E-state index is 9.69. The van der Waals surface area contributed by atoms with Gasteiger partial charge in [-0.05, 0) is 43.4 Å². The van der Waals surface area contributed by atoms with Gasteiger partial charge in [0.2, 0.25) is 5.13 Å². The molecule has 1 aliphatic rings. The van der Waals surface area contributed by atoms with E-state index in [0.717, 1.165) is 39.4 Å². The van der Waals surface area contributed by atoms with Gasteiger partial charge in [-0.25, -0.2) is 0 Å². The van der Waals surface area contributed by atoms with Crippen LogP contribution < -0.4 is 5.32 Å². The zero-order valence-corrected chi connectivity index (χ0v) is 13.6. The fourth-order valence-corrected chi connectivity index (χ4v) is 3.75. The van der Waals surface area contributed by atoms with Crippen LogP contribution in [0.25, 0.3) is 10.9 Å². The average molecular weight is 326 g/mol. The highest BCUT2D eigenvalue weighted by molar-refractivity contribution is 7.15. The Morgan fingerprint density at radius 3 is 2.83 bits per heavy atom. The number of fused-ring (bicyclic) bond motifs is 1. The lowest BCUT2D eigenvalue weighted by Crippen LogP contribution is -2.36. The van der Waals surface area contributed by atoms with Crippen molar-refractivity contribution in [1.82, 2.24) is 15.2 Å². The molecule has 4 rings (SSSR count). The maximum atomic E-state index is 9.69. The molecule has 1 fully saturated rings. The lowest BCUT2D eigenvalue weighted by atomic mass is 9.75. The quantitative estimate of drug-likeness (QED) is 0.769. The van der Waals surface area contributed by atoms with Crippen LogP contribution in [-0.4, -0.2) is 26.4 Å². The third-order valence-electron chi connectivity index (χ3n) is 4.40. The van der Waals surface area contributed by atoms with Crippen molar-refractivity contribution < 1.29 is 5.11 Å². The molecule has 2 aromatic heterocycles. The van der Waals surface area contributed by atoms with Crippen LogP contribution in [0.4, 0.5) is 5.13 Å². The third kappa shape index (κ3) is 2.92. The molecule has 118 valence electrons. The number of para-hydroxylation sites is 1. The number of pyridine rings is 1. The van der Waals surface area contributed by atoms with Crippen LogP contribution in [0.2, 0.25) is 0 Å². The number of hydrogen-bond donors (Lipinski definition) is 2. The molecule has 0 unspecified atom stereocenters. The summed E-state index contributed by atoms with van der Waals surface area (Å²) in [6.45, 7) is 1.95. The van der Waals surface area contributed by atoms with Gasteiger partial charge in [-0.2, -0.15) is 0 Å². The van der Waals surface area contributed by atoms with Gasteiger partial charge in [-0.15, -0.1) is 10.2 Å². The zero-order chi connectivity index (χ0) is 15.8. The topological polar surface area (TPSA) is 70.9 Å². The van der Waals surface area contributed by atoms with Crippen molar-refractivity contribution in [3.63, 3.8) is 0 Å². The molecule has 2 heterocycles. The molecular formula is C17H18N4OS. The number of benzene rings is 1. The first kappa shape index (κ1) is 14.5. The van der Waals surface area contributed by atoms with Gasteiger partial charge in [0.25, 0.3) is 0 Å². The predicted molar refractivity (Wildman–Crippen MR) is 91.5 cm³/mol. The van der Waals surface area contributed by atoms with Crippen molar-refractivity contribution in [2.75, 3.05) is 5.32 Å². The minimum Gasteiger partial charge on any atom is -0.393 e. The number of hydrogen-bond acceptors (Lipinski definition) is 6. The van der Waals surface area contributed by atoms with Gasteiger partial charge in [-0.1, -0.05) is 29.5 Å². The first-order valence-electron chi connectivity index (χ1n) is 7.78. The summed E-state index contributed by atoms with van der Waals surface area (Å²) in [5.41, 5.74) is 2.13. The Labute approximate surface area is 138 Å². The summed E-state index contributed by atoms with van der Waals surface area (Å²) >= 11 is 1.55. The first-order valence-corrected chi connectivity index (χ1v) is 8.60. The van der Waals surface area contributed by atoms with E-state index in [-0.39, 0.29) is 12.1 Å². The minimum absolute atomic E-state index is 0.0999. The molecule has 6 heteroatoms. The molecule has 1 atom stereocenters. The smallest absolute Gasteiger partial charge is 0.206 e. The van der Waals surface area contributed by atoms with Crippen LogP contribution in [0, 0.1) is 12.8 Å². The van der Waals surface area contributed by atoms with Crippen molar-refractivity contribution >= 4 is 27.4 Å². The Morgan fingerprint density at radius 1 is 1.26 bits per heavy atom. The summed E-state index contributed by atoms with van der Waals surface area (Å²) in [6.07, 6.45) is 3.36. The van der Waals surface area contributed by atoms with Gasteiger partial charge < -0.3 is 10.4 Å². The zero-order valence-electron chi connectivity index (χ0n) is 12.8. The number of aliphatic hydroxyl groups excluding tert-OH is 1. The second kappa shape index (κ2) is 5.86. The molecule has 1 saturated carbocycles. The Kier molecular flexibility index (Phi) is 3.71. The second-order valence-electron chi connectivity index (χ2n) is 6.09. The summed E-state index contributed by atoms with van der Waals surface area (Å²) in [7, 11) is 0. The monoisotopic (exact) mass is 326 g/mol. The van der Waals surface area contributed by atoms with E-state index >= 15 is 0 Å². The molecule has 0 bridgehead atoms. The van der Waals surface area contributed by atoms with E-state index in [9.17, 15) is 5.11 Å². The van der Waals surface area contributed by atoms with Gasteiger partial charge in [0.05, 0.1) is 17.7 Å². The van der Waals surface area contributed by atoms with E-state index in [1.54, 1.807) is 11.3 Å². The van der Waals surface area contributed by atoms with Crippen molar-refractivity contribution in [3.05, 3.63) is 47.1 Å². The van der Waals surface area contributed by atoms with Crippen molar-refractivity contribution in [2.24, 2.45) is 5.92 Å². The maximum Gasteiger partial charge on any atom is 0.206 e. The highest BCUT2D eigenvalue weighted by Gasteiger charge is 2.35. The molecule has 1 aliphatic carbocycles. The molecule has 0 aliphatic heterocycles. The number of nitrogens with zero attached hydrogens (tertiary/aromatic N) is 3. The van der Waals surface area contributed by atoms with E-state index in [0.29, 0.717) is 5.92 Å². The molecule has 5 nitrogen and oxygen atoms in total. The lowest BCUT2D eigenvalue weighted by molar-refractivity contribution is 0.0339. The minimum atomic E-state index is -0.186. The highest BCUT2D eigenvalue weighted by Crippen LogP contribution is 2.40. The molecule has 1 aromatic carbocycles. The van der Waals surface area contributed by atoms with Crippen molar-refractivity contribution in [3.8, 4) is 0 Å². The first-order chi connectivity index (χ1) is 11.2. The van der Waals surface area contributed by atoms with Crippen LogP contribution in [0.1, 0.15) is 29.5 Å². The predicted octanol–water partition coefficient (Wildman–Crippen LogP) is 3.32. The number of anilines is 1. The average Bonchev–Trinajstić information content (AvgIpc) is 2.95. The summed E-state index contributed by atoms with van der Waals surface area (Å²) in [5.74, 6) is 0.386. The van der Waals surface area contributed by atoms with E-state index < -0.39 is 0 Å². The summed E-state index contributed by atoms with van der Waals surface area (Å²) in [5, 5.41) is 24.3. The fraction of sp³-hybridized carbons (Fsp3) is 0.353. The van der Waals surface area contributed by atoms with Crippen LogP contribution >= 0.6 is 11.3 Å². The molecule has 0 spiro atoms. The Hall–Kier alpha value is -2.05. The lowest BCUT2D eigenvalue weighted by Gasteiger charge is -2.38. The van der Waals surface area contributed by atoms with E-state index in [1.807, 2.05) is 31.3 Å². The standard InChI is InChI=1S/C17H18N4OS/c1-10-20-21-17(23-10)19-16(12-7-14(22)8-12)13-6-11-4-2-3-5-15(11)18-9-13/h2-6,9,12,14,16,22H,7-8H2,1H3,(H,19,21)/t12?,14?,16-/m0/s1. The van der Waals surface area contributed by atoms with Gasteiger partial charge >= 0.3 is 0 Å². The number of nitrogens with one attached hydrogen (secondary N) is 1. The molecule has 23 heavy (non-hydrogen) atoms. The second-order valence-corrected chi connectivity index (χ2v) is 7.28. The third-order valence-corrected chi connectivity index (χ3v) is 5.17. The van der Waals surface area contributed by atoms with Gasteiger partial charge in [0.1, 0.15) is 5.01 Å². The van der Waals surface area contributed by atoms with E-state index in [1.165, 1.54) is 0 Å². The van der Waals surface area contributed by atoms with Crippen molar-refractivity contribution in [1.29, 1.82) is 0 Å². The largest absolute Gasteiger partial charge is 0.393 e. The summed E-state index contributed by atoms with van der Waals surface area (Å²) < 4.78 is 0. The van der Waals surface area contributed by atoms with Crippen molar-refractivity contribution in [2.45, 2.75) is 31.9 Å². The number of aromatic nitrogens is 3. The Morgan fingerprint density at radius 2 is 2.09 bits per heavy atom. The Bertz CT molecular complexity index is 828. The number of rotatable bonds is 4. The fourth-order valence-electron chi connectivity index (χ4n) is 3.12. The van der Waals surface area contributed by atoms with Crippen LogP contribution in [-0.2, 0) is 0 Å². The van der Waals surface area contributed by atoms with Gasteiger partial charge in [0, 0.05) is 11.6 Å². The van der Waals surface area contributed by atoms with Crippen LogP contribution in [0.15, 0.2) is 36.5 Å². The molecule has 0 saturated heterocycles. The van der Waals surface area contributed by atoms with Gasteiger partial charge in [-0.3, -0.25) is 4.98 Å². The van der Waals surface area contributed by atoms with Crippen LogP contribution in [0.3, 0.4) is 0 Å². The molecule has 0 amide bonds. The molecule has 0 radical (unpaired) electrons. The highest BCUT2D eigenvalue weighted by atomic mass is 32.1. The summed E-state index contributed by atoms with van der Waals surface area (Å²) in [6, 6.07) is 10.4. The van der Waals surface area contributed by atoms with Gasteiger partial charge in [0.15, 0.2) is 0 Å².